The van der Waals surface area contributed by atoms with Crippen LogP contribution in [0.1, 0.15) is 26.1 Å². The molecule has 3 heterocycles. The summed E-state index contributed by atoms with van der Waals surface area (Å²) in [5, 5.41) is 0. The lowest BCUT2D eigenvalue weighted by atomic mass is 9.94. The van der Waals surface area contributed by atoms with Gasteiger partial charge >= 0.3 is 0 Å². The summed E-state index contributed by atoms with van der Waals surface area (Å²) in [4.78, 5) is 8.69. The summed E-state index contributed by atoms with van der Waals surface area (Å²) in [6, 6.07) is 1.99. The molecular formula is C13H16ClN3O. The molecule has 1 fully saturated rings. The van der Waals surface area contributed by atoms with Crippen LogP contribution in [0.4, 0.5) is 0 Å². The van der Waals surface area contributed by atoms with E-state index in [4.69, 9.17) is 16.3 Å². The standard InChI is InChI=1S/C13H16ClN3O/c1-9-13(2,4-6-18-9)17-11-3-5-15-8-10(11)16-12(17)7-14/h3,5,8-9H,4,6-7H2,1-2H3. The van der Waals surface area contributed by atoms with Crippen molar-refractivity contribution in [1.82, 2.24) is 14.5 Å². The second kappa shape index (κ2) is 4.21. The number of halogens is 1. The largest absolute Gasteiger partial charge is 0.376 e. The molecule has 0 bridgehead atoms. The number of alkyl halides is 1. The quantitative estimate of drug-likeness (QED) is 0.784. The highest BCUT2D eigenvalue weighted by Crippen LogP contribution is 2.37. The van der Waals surface area contributed by atoms with Crippen LogP contribution in [0.2, 0.25) is 0 Å². The normalized spacial score (nSPS) is 28.1. The fourth-order valence-electron chi connectivity index (χ4n) is 2.76. The van der Waals surface area contributed by atoms with E-state index in [0.29, 0.717) is 5.88 Å². The van der Waals surface area contributed by atoms with Crippen molar-refractivity contribution in [3.63, 3.8) is 0 Å². The minimum absolute atomic E-state index is 0.0830. The van der Waals surface area contributed by atoms with E-state index in [-0.39, 0.29) is 11.6 Å². The van der Waals surface area contributed by atoms with Gasteiger partial charge in [-0.1, -0.05) is 0 Å². The third-order valence-electron chi connectivity index (χ3n) is 4.01. The average molecular weight is 266 g/mol. The maximum absolute atomic E-state index is 6.05. The number of ether oxygens (including phenoxy) is 1. The van der Waals surface area contributed by atoms with Crippen molar-refractivity contribution >= 4 is 22.6 Å². The van der Waals surface area contributed by atoms with E-state index in [9.17, 15) is 0 Å². The fourth-order valence-corrected chi connectivity index (χ4v) is 2.94. The molecule has 0 radical (unpaired) electrons. The van der Waals surface area contributed by atoms with Crippen molar-refractivity contribution in [2.75, 3.05) is 6.61 Å². The molecule has 1 saturated heterocycles. The van der Waals surface area contributed by atoms with Crippen molar-refractivity contribution in [1.29, 1.82) is 0 Å². The van der Waals surface area contributed by atoms with E-state index < -0.39 is 0 Å². The molecule has 0 saturated carbocycles. The SMILES string of the molecule is CC1OCCC1(C)n1c(CCl)nc2cnccc21. The maximum atomic E-state index is 6.05. The summed E-state index contributed by atoms with van der Waals surface area (Å²) in [5.74, 6) is 1.29. The van der Waals surface area contributed by atoms with Crippen LogP contribution in [0.25, 0.3) is 11.0 Å². The van der Waals surface area contributed by atoms with Gasteiger partial charge < -0.3 is 9.30 Å². The number of nitrogens with zero attached hydrogens (tertiary/aromatic N) is 3. The topological polar surface area (TPSA) is 39.9 Å². The molecule has 4 nitrogen and oxygen atoms in total. The van der Waals surface area contributed by atoms with Gasteiger partial charge in [-0.05, 0) is 26.3 Å². The van der Waals surface area contributed by atoms with Gasteiger partial charge in [-0.15, -0.1) is 11.6 Å². The Labute approximate surface area is 111 Å². The molecule has 18 heavy (non-hydrogen) atoms. The zero-order valence-electron chi connectivity index (χ0n) is 10.6. The number of hydrogen-bond donors (Lipinski definition) is 0. The first-order valence-electron chi connectivity index (χ1n) is 6.16. The molecule has 0 N–H and O–H groups in total. The first-order chi connectivity index (χ1) is 8.66. The number of pyridine rings is 1. The minimum atomic E-state index is -0.0830. The predicted octanol–water partition coefficient (Wildman–Crippen LogP) is 2.69. The van der Waals surface area contributed by atoms with Crippen molar-refractivity contribution in [2.24, 2.45) is 0 Å². The van der Waals surface area contributed by atoms with Crippen LogP contribution in [0.3, 0.4) is 0 Å². The fraction of sp³-hybridized carbons (Fsp3) is 0.538. The Bertz CT molecular complexity index is 583. The highest BCUT2D eigenvalue weighted by molar-refractivity contribution is 6.16. The number of hydrogen-bond acceptors (Lipinski definition) is 3. The number of imidazole rings is 1. The smallest absolute Gasteiger partial charge is 0.125 e. The monoisotopic (exact) mass is 265 g/mol. The first kappa shape index (κ1) is 11.9. The van der Waals surface area contributed by atoms with E-state index in [2.05, 4.69) is 28.4 Å². The Hall–Kier alpha value is -1.13. The Morgan fingerprint density at radius 3 is 3.11 bits per heavy atom. The van der Waals surface area contributed by atoms with Gasteiger partial charge in [0, 0.05) is 12.8 Å². The second-order valence-corrected chi connectivity index (χ2v) is 5.25. The van der Waals surface area contributed by atoms with Gasteiger partial charge in [-0.3, -0.25) is 4.98 Å². The summed E-state index contributed by atoms with van der Waals surface area (Å²) < 4.78 is 7.96. The molecule has 1 aliphatic heterocycles. The molecule has 5 heteroatoms. The van der Waals surface area contributed by atoms with Crippen molar-refractivity contribution < 1.29 is 4.74 Å². The zero-order chi connectivity index (χ0) is 12.8. The Morgan fingerprint density at radius 2 is 2.44 bits per heavy atom. The molecule has 2 unspecified atom stereocenters. The number of rotatable bonds is 2. The van der Waals surface area contributed by atoms with Gasteiger partial charge in [-0.25, -0.2) is 4.98 Å². The zero-order valence-corrected chi connectivity index (χ0v) is 11.3. The molecule has 0 spiro atoms. The highest BCUT2D eigenvalue weighted by Gasteiger charge is 2.40. The highest BCUT2D eigenvalue weighted by atomic mass is 35.5. The van der Waals surface area contributed by atoms with Crippen LogP contribution < -0.4 is 0 Å². The minimum Gasteiger partial charge on any atom is -0.376 e. The average Bonchev–Trinajstić information content (AvgIpc) is 2.91. The molecule has 0 aromatic carbocycles. The van der Waals surface area contributed by atoms with Crippen LogP contribution in [-0.4, -0.2) is 27.2 Å². The van der Waals surface area contributed by atoms with Gasteiger partial charge in [0.25, 0.3) is 0 Å². The lowest BCUT2D eigenvalue weighted by molar-refractivity contribution is 0.0766. The third-order valence-corrected chi connectivity index (χ3v) is 4.25. The Balaban J connectivity index is 2.26. The van der Waals surface area contributed by atoms with Crippen molar-refractivity contribution in [2.45, 2.75) is 37.8 Å². The molecule has 0 aliphatic carbocycles. The summed E-state index contributed by atoms with van der Waals surface area (Å²) >= 11 is 6.05. The second-order valence-electron chi connectivity index (χ2n) is 4.98. The van der Waals surface area contributed by atoms with E-state index in [0.717, 1.165) is 29.9 Å². The van der Waals surface area contributed by atoms with Gasteiger partial charge in [0.05, 0.1) is 29.2 Å². The van der Waals surface area contributed by atoms with Gasteiger partial charge in [0.2, 0.25) is 0 Å². The van der Waals surface area contributed by atoms with E-state index in [1.807, 2.05) is 6.07 Å². The molecule has 96 valence electrons. The van der Waals surface area contributed by atoms with Gasteiger partial charge in [-0.2, -0.15) is 0 Å². The first-order valence-corrected chi connectivity index (χ1v) is 6.69. The van der Waals surface area contributed by atoms with Crippen LogP contribution in [0.15, 0.2) is 18.5 Å². The van der Waals surface area contributed by atoms with Crippen LogP contribution >= 0.6 is 11.6 Å². The Morgan fingerprint density at radius 1 is 1.61 bits per heavy atom. The van der Waals surface area contributed by atoms with E-state index in [1.165, 1.54) is 0 Å². The van der Waals surface area contributed by atoms with Crippen LogP contribution in [0, 0.1) is 0 Å². The summed E-state index contributed by atoms with van der Waals surface area (Å²) in [6.45, 7) is 5.10. The maximum Gasteiger partial charge on any atom is 0.125 e. The van der Waals surface area contributed by atoms with Crippen LogP contribution in [0.5, 0.6) is 0 Å². The van der Waals surface area contributed by atoms with E-state index >= 15 is 0 Å². The lowest BCUT2D eigenvalue weighted by Gasteiger charge is -2.31. The van der Waals surface area contributed by atoms with Crippen molar-refractivity contribution in [3.05, 3.63) is 24.3 Å². The Kier molecular flexibility index (Phi) is 2.79. The van der Waals surface area contributed by atoms with E-state index in [1.54, 1.807) is 12.4 Å². The number of aromatic nitrogens is 3. The molecule has 2 aromatic heterocycles. The lowest BCUT2D eigenvalue weighted by Crippen LogP contribution is -2.37. The molecule has 2 aromatic rings. The predicted molar refractivity (Wildman–Crippen MR) is 70.8 cm³/mol. The third kappa shape index (κ3) is 1.56. The summed E-state index contributed by atoms with van der Waals surface area (Å²) in [5.41, 5.74) is 1.90. The summed E-state index contributed by atoms with van der Waals surface area (Å²) in [7, 11) is 0. The molecule has 2 atom stereocenters. The van der Waals surface area contributed by atoms with Crippen LogP contribution in [-0.2, 0) is 16.2 Å². The number of fused-ring (bicyclic) bond motifs is 1. The molecule has 0 amide bonds. The molecular weight excluding hydrogens is 250 g/mol. The summed E-state index contributed by atoms with van der Waals surface area (Å²) in [6.07, 6.45) is 4.71. The molecule has 1 aliphatic rings. The van der Waals surface area contributed by atoms with Crippen molar-refractivity contribution in [3.8, 4) is 0 Å². The molecule has 3 rings (SSSR count). The van der Waals surface area contributed by atoms with Gasteiger partial charge in [0.1, 0.15) is 11.3 Å². The van der Waals surface area contributed by atoms with Gasteiger partial charge in [0.15, 0.2) is 0 Å².